The molecule has 5 heteroatoms. The smallest absolute Gasteiger partial charge is 0.253 e. The van der Waals surface area contributed by atoms with Gasteiger partial charge in [-0.2, -0.15) is 0 Å². The molecule has 0 saturated carbocycles. The molecule has 0 spiro atoms. The number of imidazole rings is 1. The van der Waals surface area contributed by atoms with E-state index in [1.54, 1.807) is 6.07 Å². The second-order valence-corrected chi connectivity index (χ2v) is 6.55. The minimum Gasteiger partial charge on any atom is -0.491 e. The third-order valence-corrected chi connectivity index (χ3v) is 4.79. The van der Waals surface area contributed by atoms with E-state index in [0.29, 0.717) is 12.2 Å². The Morgan fingerprint density at radius 1 is 1.00 bits per heavy atom. The molecule has 2 aromatic heterocycles. The number of hydrogen-bond acceptors (Lipinski definition) is 3. The van der Waals surface area contributed by atoms with Gasteiger partial charge in [-0.15, -0.1) is 0 Å². The number of nitrogens with one attached hydrogen (secondary N) is 1. The lowest BCUT2D eigenvalue weighted by atomic mass is 10.1. The van der Waals surface area contributed by atoms with Crippen molar-refractivity contribution in [3.63, 3.8) is 0 Å². The highest BCUT2D eigenvalue weighted by Gasteiger charge is 2.25. The van der Waals surface area contributed by atoms with Crippen LogP contribution in [0.25, 0.3) is 16.9 Å². The van der Waals surface area contributed by atoms with Gasteiger partial charge in [-0.1, -0.05) is 48.5 Å². The third kappa shape index (κ3) is 2.83. The molecule has 0 saturated heterocycles. The molecule has 1 amide bonds. The maximum atomic E-state index is 12.7. The summed E-state index contributed by atoms with van der Waals surface area (Å²) in [4.78, 5) is 17.4. The first-order valence-corrected chi connectivity index (χ1v) is 8.85. The molecular formula is C22H17N3O2. The van der Waals surface area contributed by atoms with Crippen molar-refractivity contribution >= 4 is 11.6 Å². The Hall–Kier alpha value is -3.60. The molecule has 3 heterocycles. The molecule has 27 heavy (non-hydrogen) atoms. The molecular weight excluding hydrogens is 338 g/mol. The van der Waals surface area contributed by atoms with Crippen molar-refractivity contribution in [2.45, 2.75) is 6.04 Å². The van der Waals surface area contributed by atoms with Gasteiger partial charge in [-0.3, -0.25) is 4.79 Å². The predicted octanol–water partition coefficient (Wildman–Crippen LogP) is 3.86. The monoisotopic (exact) mass is 355 g/mol. The Morgan fingerprint density at radius 2 is 1.81 bits per heavy atom. The molecule has 1 atom stereocenters. The number of aromatic nitrogens is 2. The van der Waals surface area contributed by atoms with Crippen LogP contribution in [0.2, 0.25) is 0 Å². The molecule has 1 N–H and O–H groups in total. The van der Waals surface area contributed by atoms with Crippen LogP contribution in [0.15, 0.2) is 79.1 Å². The summed E-state index contributed by atoms with van der Waals surface area (Å²) in [5.41, 5.74) is 4.34. The van der Waals surface area contributed by atoms with Crippen LogP contribution >= 0.6 is 0 Å². The van der Waals surface area contributed by atoms with Gasteiger partial charge in [-0.05, 0) is 18.2 Å². The first-order chi connectivity index (χ1) is 13.3. The van der Waals surface area contributed by atoms with E-state index >= 15 is 0 Å². The number of rotatable bonds is 3. The average Bonchev–Trinajstić information content (AvgIpc) is 3.32. The SMILES string of the molecule is O=C(N[C@H]1COc2ccccc21)c1ccc2nc(-c3ccccc3)cn2c1. The van der Waals surface area contributed by atoms with Gasteiger partial charge in [-0.25, -0.2) is 4.98 Å². The maximum absolute atomic E-state index is 12.7. The molecule has 4 aromatic rings. The molecule has 5 rings (SSSR count). The summed E-state index contributed by atoms with van der Waals surface area (Å²) in [6, 6.07) is 21.3. The number of pyridine rings is 1. The minimum atomic E-state index is -0.132. The Labute approximate surface area is 156 Å². The number of para-hydroxylation sites is 1. The first kappa shape index (κ1) is 15.6. The second kappa shape index (κ2) is 6.29. The average molecular weight is 355 g/mol. The maximum Gasteiger partial charge on any atom is 0.253 e. The van der Waals surface area contributed by atoms with Crippen molar-refractivity contribution in [3.8, 4) is 17.0 Å². The normalized spacial score (nSPS) is 15.3. The fourth-order valence-corrected chi connectivity index (χ4v) is 3.40. The standard InChI is InChI=1S/C22H17N3O2/c26-22(24-19-14-27-20-9-5-4-8-17(19)20)16-10-11-21-23-18(13-25(21)12-16)15-6-2-1-3-7-15/h1-13,19H,14H2,(H,24,26)/t19-/m0/s1. The fourth-order valence-electron chi connectivity index (χ4n) is 3.40. The van der Waals surface area contributed by atoms with Gasteiger partial charge in [0.2, 0.25) is 0 Å². The van der Waals surface area contributed by atoms with Gasteiger partial charge in [0, 0.05) is 23.5 Å². The van der Waals surface area contributed by atoms with Gasteiger partial charge >= 0.3 is 0 Å². The number of fused-ring (bicyclic) bond motifs is 2. The molecule has 0 aliphatic carbocycles. The van der Waals surface area contributed by atoms with Crippen molar-refractivity contribution in [3.05, 3.63) is 90.3 Å². The number of amides is 1. The molecule has 0 unspecified atom stereocenters. The predicted molar refractivity (Wildman–Crippen MR) is 103 cm³/mol. The summed E-state index contributed by atoms with van der Waals surface area (Å²) in [6.07, 6.45) is 3.75. The van der Waals surface area contributed by atoms with E-state index in [1.807, 2.05) is 77.5 Å². The minimum absolute atomic E-state index is 0.128. The summed E-state index contributed by atoms with van der Waals surface area (Å²) in [6.45, 7) is 0.455. The van der Waals surface area contributed by atoms with Gasteiger partial charge in [0.15, 0.2) is 0 Å². The molecule has 0 radical (unpaired) electrons. The van der Waals surface area contributed by atoms with Crippen LogP contribution in [0.4, 0.5) is 0 Å². The summed E-state index contributed by atoms with van der Waals surface area (Å²) >= 11 is 0. The largest absolute Gasteiger partial charge is 0.491 e. The van der Waals surface area contributed by atoms with Crippen LogP contribution in [0, 0.1) is 0 Å². The fraction of sp³-hybridized carbons (Fsp3) is 0.0909. The van der Waals surface area contributed by atoms with E-state index in [-0.39, 0.29) is 11.9 Å². The summed E-state index contributed by atoms with van der Waals surface area (Å²) < 4.78 is 7.53. The van der Waals surface area contributed by atoms with Crippen molar-refractivity contribution in [1.29, 1.82) is 0 Å². The zero-order valence-electron chi connectivity index (χ0n) is 14.5. The van der Waals surface area contributed by atoms with Gasteiger partial charge in [0.1, 0.15) is 18.0 Å². The molecule has 5 nitrogen and oxygen atoms in total. The van der Waals surface area contributed by atoms with E-state index in [2.05, 4.69) is 10.3 Å². The first-order valence-electron chi connectivity index (χ1n) is 8.85. The van der Waals surface area contributed by atoms with Crippen LogP contribution < -0.4 is 10.1 Å². The Morgan fingerprint density at radius 3 is 2.70 bits per heavy atom. The molecule has 0 bridgehead atoms. The third-order valence-electron chi connectivity index (χ3n) is 4.79. The number of carbonyl (C=O) groups excluding carboxylic acids is 1. The molecule has 132 valence electrons. The van der Waals surface area contributed by atoms with E-state index in [1.165, 1.54) is 0 Å². The lowest BCUT2D eigenvalue weighted by Crippen LogP contribution is -2.29. The number of carbonyl (C=O) groups is 1. The van der Waals surface area contributed by atoms with Crippen LogP contribution in [-0.4, -0.2) is 21.9 Å². The lowest BCUT2D eigenvalue weighted by Gasteiger charge is -2.11. The van der Waals surface area contributed by atoms with E-state index in [9.17, 15) is 4.79 Å². The van der Waals surface area contributed by atoms with E-state index < -0.39 is 0 Å². The quantitative estimate of drug-likeness (QED) is 0.607. The molecule has 1 aliphatic heterocycles. The summed E-state index contributed by atoms with van der Waals surface area (Å²) in [7, 11) is 0. The van der Waals surface area contributed by atoms with Crippen molar-refractivity contribution in [2.24, 2.45) is 0 Å². The highest BCUT2D eigenvalue weighted by molar-refractivity contribution is 5.94. The zero-order chi connectivity index (χ0) is 18.2. The number of ether oxygens (including phenoxy) is 1. The van der Waals surface area contributed by atoms with Gasteiger partial charge < -0.3 is 14.5 Å². The van der Waals surface area contributed by atoms with Gasteiger partial charge in [0.25, 0.3) is 5.91 Å². The summed E-state index contributed by atoms with van der Waals surface area (Å²) in [5, 5.41) is 3.06. The topological polar surface area (TPSA) is 55.6 Å². The zero-order valence-corrected chi connectivity index (χ0v) is 14.5. The van der Waals surface area contributed by atoms with Crippen LogP contribution in [-0.2, 0) is 0 Å². The lowest BCUT2D eigenvalue weighted by molar-refractivity contribution is 0.0930. The van der Waals surface area contributed by atoms with Gasteiger partial charge in [0.05, 0.1) is 17.3 Å². The molecule has 1 aliphatic rings. The van der Waals surface area contributed by atoms with Crippen molar-refractivity contribution in [2.75, 3.05) is 6.61 Å². The Bertz CT molecular complexity index is 1130. The number of nitrogens with zero attached hydrogens (tertiary/aromatic N) is 2. The summed E-state index contributed by atoms with van der Waals surface area (Å²) in [5.74, 6) is 0.706. The van der Waals surface area contributed by atoms with Crippen LogP contribution in [0.3, 0.4) is 0 Å². The van der Waals surface area contributed by atoms with Crippen LogP contribution in [0.5, 0.6) is 5.75 Å². The van der Waals surface area contributed by atoms with E-state index in [4.69, 9.17) is 4.74 Å². The molecule has 0 fully saturated rings. The van der Waals surface area contributed by atoms with Crippen LogP contribution in [0.1, 0.15) is 22.0 Å². The van der Waals surface area contributed by atoms with Crippen molar-refractivity contribution in [1.82, 2.24) is 14.7 Å². The second-order valence-electron chi connectivity index (χ2n) is 6.55. The van der Waals surface area contributed by atoms with E-state index in [0.717, 1.165) is 28.2 Å². The number of hydrogen-bond donors (Lipinski definition) is 1. The Balaban J connectivity index is 1.41. The van der Waals surface area contributed by atoms with Crippen molar-refractivity contribution < 1.29 is 9.53 Å². The number of benzene rings is 2. The molecule has 2 aromatic carbocycles. The highest BCUT2D eigenvalue weighted by atomic mass is 16.5. The highest BCUT2D eigenvalue weighted by Crippen LogP contribution is 2.31. The Kier molecular flexibility index (Phi) is 3.64.